The fourth-order valence-corrected chi connectivity index (χ4v) is 2.08. The van der Waals surface area contributed by atoms with Crippen LogP contribution in [-0.2, 0) is 4.79 Å². The summed E-state index contributed by atoms with van der Waals surface area (Å²) in [5, 5.41) is 11.9. The molecular formula is C13H17N3O3. The van der Waals surface area contributed by atoms with E-state index < -0.39 is 5.97 Å². The number of rotatable bonds is 6. The van der Waals surface area contributed by atoms with Gasteiger partial charge in [-0.1, -0.05) is 6.07 Å². The summed E-state index contributed by atoms with van der Waals surface area (Å²) in [6.45, 7) is 2.26. The first-order chi connectivity index (χ1) is 9.16. The van der Waals surface area contributed by atoms with Crippen LogP contribution in [-0.4, -0.2) is 46.5 Å². The van der Waals surface area contributed by atoms with E-state index in [1.54, 1.807) is 12.1 Å². The SMILES string of the molecule is O=C(O)c1cccc(NCCCN2CCCC2=O)n1. The molecule has 0 saturated carbocycles. The Morgan fingerprint density at radius 3 is 3.00 bits per heavy atom. The number of carboxylic acids is 1. The molecule has 0 aliphatic carbocycles. The first kappa shape index (κ1) is 13.3. The van der Waals surface area contributed by atoms with Crippen molar-refractivity contribution in [3.8, 4) is 0 Å². The Morgan fingerprint density at radius 2 is 2.32 bits per heavy atom. The average Bonchev–Trinajstić information content (AvgIpc) is 2.81. The lowest BCUT2D eigenvalue weighted by molar-refractivity contribution is -0.127. The van der Waals surface area contributed by atoms with Gasteiger partial charge in [-0.2, -0.15) is 0 Å². The summed E-state index contributed by atoms with van der Waals surface area (Å²) >= 11 is 0. The molecule has 0 aromatic carbocycles. The second kappa shape index (κ2) is 6.17. The highest BCUT2D eigenvalue weighted by atomic mass is 16.4. The number of hydrogen-bond acceptors (Lipinski definition) is 4. The Labute approximate surface area is 111 Å². The number of nitrogens with zero attached hydrogens (tertiary/aromatic N) is 2. The van der Waals surface area contributed by atoms with Gasteiger partial charge in [0, 0.05) is 26.1 Å². The molecule has 0 bridgehead atoms. The van der Waals surface area contributed by atoms with Gasteiger partial charge >= 0.3 is 5.97 Å². The van der Waals surface area contributed by atoms with Gasteiger partial charge in [0.15, 0.2) is 5.69 Å². The number of pyridine rings is 1. The minimum absolute atomic E-state index is 0.0275. The van der Waals surface area contributed by atoms with Gasteiger partial charge in [-0.05, 0) is 25.0 Å². The fourth-order valence-electron chi connectivity index (χ4n) is 2.08. The maximum absolute atomic E-state index is 11.4. The van der Waals surface area contributed by atoms with Crippen molar-refractivity contribution in [3.05, 3.63) is 23.9 Å². The fraction of sp³-hybridized carbons (Fsp3) is 0.462. The monoisotopic (exact) mass is 263 g/mol. The minimum atomic E-state index is -1.04. The van der Waals surface area contributed by atoms with Crippen molar-refractivity contribution in [2.24, 2.45) is 0 Å². The zero-order chi connectivity index (χ0) is 13.7. The van der Waals surface area contributed by atoms with Crippen molar-refractivity contribution in [1.82, 2.24) is 9.88 Å². The lowest BCUT2D eigenvalue weighted by Crippen LogP contribution is -2.27. The summed E-state index contributed by atoms with van der Waals surface area (Å²) < 4.78 is 0. The highest BCUT2D eigenvalue weighted by molar-refractivity contribution is 5.85. The highest BCUT2D eigenvalue weighted by Crippen LogP contribution is 2.10. The number of nitrogens with one attached hydrogen (secondary N) is 1. The van der Waals surface area contributed by atoms with Gasteiger partial charge < -0.3 is 15.3 Å². The molecule has 102 valence electrons. The molecule has 2 rings (SSSR count). The van der Waals surface area contributed by atoms with Crippen LogP contribution in [0.3, 0.4) is 0 Å². The molecule has 0 radical (unpaired) electrons. The number of carboxylic acid groups (broad SMARTS) is 1. The maximum Gasteiger partial charge on any atom is 0.354 e. The Kier molecular flexibility index (Phi) is 4.33. The van der Waals surface area contributed by atoms with Crippen molar-refractivity contribution in [2.75, 3.05) is 25.0 Å². The van der Waals surface area contributed by atoms with E-state index in [1.165, 1.54) is 6.07 Å². The molecule has 2 heterocycles. The van der Waals surface area contributed by atoms with Crippen LogP contribution in [0.1, 0.15) is 29.8 Å². The third kappa shape index (κ3) is 3.67. The van der Waals surface area contributed by atoms with E-state index >= 15 is 0 Å². The second-order valence-electron chi connectivity index (χ2n) is 4.48. The summed E-state index contributed by atoms with van der Waals surface area (Å²) in [7, 11) is 0. The summed E-state index contributed by atoms with van der Waals surface area (Å²) in [6, 6.07) is 4.84. The van der Waals surface area contributed by atoms with Gasteiger partial charge in [0.25, 0.3) is 0 Å². The van der Waals surface area contributed by atoms with Gasteiger partial charge in [0.05, 0.1) is 0 Å². The molecule has 0 unspecified atom stereocenters. The van der Waals surface area contributed by atoms with Gasteiger partial charge in [0.1, 0.15) is 5.82 Å². The normalized spacial score (nSPS) is 14.7. The van der Waals surface area contributed by atoms with Crippen LogP contribution in [0.4, 0.5) is 5.82 Å². The Morgan fingerprint density at radius 1 is 1.47 bits per heavy atom. The predicted octanol–water partition coefficient (Wildman–Crippen LogP) is 1.20. The Hall–Kier alpha value is -2.11. The second-order valence-corrected chi connectivity index (χ2v) is 4.48. The average molecular weight is 263 g/mol. The molecule has 6 heteroatoms. The van der Waals surface area contributed by atoms with E-state index in [-0.39, 0.29) is 11.6 Å². The first-order valence-corrected chi connectivity index (χ1v) is 6.39. The molecule has 6 nitrogen and oxygen atoms in total. The Bertz CT molecular complexity index is 476. The van der Waals surface area contributed by atoms with Gasteiger partial charge in [-0.25, -0.2) is 9.78 Å². The van der Waals surface area contributed by atoms with E-state index in [4.69, 9.17) is 5.11 Å². The largest absolute Gasteiger partial charge is 0.477 e. The van der Waals surface area contributed by atoms with Crippen LogP contribution < -0.4 is 5.32 Å². The molecule has 2 N–H and O–H groups in total. The van der Waals surface area contributed by atoms with E-state index in [9.17, 15) is 9.59 Å². The highest BCUT2D eigenvalue weighted by Gasteiger charge is 2.18. The number of carbonyl (C=O) groups excluding carboxylic acids is 1. The molecule has 1 fully saturated rings. The molecule has 1 aromatic rings. The number of carbonyl (C=O) groups is 2. The van der Waals surface area contributed by atoms with Crippen LogP contribution in [0, 0.1) is 0 Å². The van der Waals surface area contributed by atoms with Gasteiger partial charge in [0.2, 0.25) is 5.91 Å². The van der Waals surface area contributed by atoms with Crippen LogP contribution in [0.15, 0.2) is 18.2 Å². The third-order valence-corrected chi connectivity index (χ3v) is 3.05. The molecular weight excluding hydrogens is 246 g/mol. The van der Waals surface area contributed by atoms with E-state index in [2.05, 4.69) is 10.3 Å². The van der Waals surface area contributed by atoms with Gasteiger partial charge in [-0.15, -0.1) is 0 Å². The summed E-state index contributed by atoms with van der Waals surface area (Å²) in [5.74, 6) is -0.259. The number of likely N-dealkylation sites (tertiary alicyclic amines) is 1. The lowest BCUT2D eigenvalue weighted by Gasteiger charge is -2.15. The lowest BCUT2D eigenvalue weighted by atomic mass is 10.3. The molecule has 0 atom stereocenters. The summed E-state index contributed by atoms with van der Waals surface area (Å²) in [4.78, 5) is 28.0. The molecule has 19 heavy (non-hydrogen) atoms. The molecule has 0 spiro atoms. The first-order valence-electron chi connectivity index (χ1n) is 6.39. The summed E-state index contributed by atoms with van der Waals surface area (Å²) in [6.07, 6.45) is 2.44. The van der Waals surface area contributed by atoms with E-state index in [0.29, 0.717) is 18.8 Å². The zero-order valence-corrected chi connectivity index (χ0v) is 10.6. The van der Waals surface area contributed by atoms with Crippen LogP contribution >= 0.6 is 0 Å². The van der Waals surface area contributed by atoms with E-state index in [0.717, 1.165) is 25.9 Å². The number of aromatic nitrogens is 1. The smallest absolute Gasteiger partial charge is 0.354 e. The molecule has 1 aliphatic heterocycles. The number of anilines is 1. The maximum atomic E-state index is 11.4. The Balaban J connectivity index is 1.75. The van der Waals surface area contributed by atoms with Crippen LogP contribution in [0.25, 0.3) is 0 Å². The van der Waals surface area contributed by atoms with Crippen molar-refractivity contribution < 1.29 is 14.7 Å². The third-order valence-electron chi connectivity index (χ3n) is 3.05. The number of amides is 1. The van der Waals surface area contributed by atoms with Crippen LogP contribution in [0.2, 0.25) is 0 Å². The predicted molar refractivity (Wildman–Crippen MR) is 70.1 cm³/mol. The molecule has 1 aliphatic rings. The molecule has 1 aromatic heterocycles. The summed E-state index contributed by atoms with van der Waals surface area (Å²) in [5.41, 5.74) is 0.0275. The quantitative estimate of drug-likeness (QED) is 0.754. The number of aromatic carboxylic acids is 1. The van der Waals surface area contributed by atoms with E-state index in [1.807, 2.05) is 4.90 Å². The van der Waals surface area contributed by atoms with Crippen molar-refractivity contribution >= 4 is 17.7 Å². The molecule has 1 saturated heterocycles. The number of hydrogen-bond donors (Lipinski definition) is 2. The van der Waals surface area contributed by atoms with Crippen molar-refractivity contribution in [1.29, 1.82) is 0 Å². The van der Waals surface area contributed by atoms with Crippen LogP contribution in [0.5, 0.6) is 0 Å². The molecule has 1 amide bonds. The van der Waals surface area contributed by atoms with Crippen molar-refractivity contribution in [2.45, 2.75) is 19.3 Å². The van der Waals surface area contributed by atoms with Crippen molar-refractivity contribution in [3.63, 3.8) is 0 Å². The zero-order valence-electron chi connectivity index (χ0n) is 10.6. The topological polar surface area (TPSA) is 82.5 Å². The standard InChI is InChI=1S/C13H17N3O3/c17-12-6-2-8-16(12)9-3-7-14-11-5-1-4-10(15-11)13(18)19/h1,4-5H,2-3,6-9H2,(H,14,15)(H,18,19). The van der Waals surface area contributed by atoms with Gasteiger partial charge in [-0.3, -0.25) is 4.79 Å². The minimum Gasteiger partial charge on any atom is -0.477 e.